The van der Waals surface area contributed by atoms with Crippen LogP contribution in [0.4, 0.5) is 5.69 Å². The van der Waals surface area contributed by atoms with Gasteiger partial charge in [0, 0.05) is 5.56 Å². The van der Waals surface area contributed by atoms with E-state index in [-0.39, 0.29) is 11.7 Å². The molecule has 2 N–H and O–H groups in total. The molecule has 2 aromatic carbocycles. The number of benzene rings is 2. The molecule has 2 aromatic rings. The zero-order chi connectivity index (χ0) is 23.8. The number of ketones is 1. The van der Waals surface area contributed by atoms with E-state index in [0.29, 0.717) is 23.4 Å². The molecule has 1 unspecified atom stereocenters. The van der Waals surface area contributed by atoms with E-state index in [4.69, 9.17) is 0 Å². The van der Waals surface area contributed by atoms with Crippen molar-refractivity contribution >= 4 is 17.4 Å². The fourth-order valence-electron chi connectivity index (χ4n) is 4.57. The van der Waals surface area contributed by atoms with Crippen LogP contribution in [0.5, 0.6) is 5.75 Å². The van der Waals surface area contributed by atoms with Crippen LogP contribution >= 0.6 is 0 Å². The number of fused-ring (bicyclic) bond motifs is 1. The van der Waals surface area contributed by atoms with Crippen LogP contribution < -0.4 is 5.32 Å². The third-order valence-corrected chi connectivity index (χ3v) is 6.51. The molecular formula is C29H37NO3. The zero-order valence-corrected chi connectivity index (χ0v) is 20.2. The summed E-state index contributed by atoms with van der Waals surface area (Å²) in [4.78, 5) is 26.0. The number of aryl methyl sites for hydroxylation is 4. The lowest BCUT2D eigenvalue weighted by Gasteiger charge is -2.26. The summed E-state index contributed by atoms with van der Waals surface area (Å²) in [6, 6.07) is 9.71. The first kappa shape index (κ1) is 24.8. The van der Waals surface area contributed by atoms with Crippen LogP contribution in [0.15, 0.2) is 42.5 Å². The number of rotatable bonds is 11. The first-order valence-electron chi connectivity index (χ1n) is 12.4. The monoisotopic (exact) mass is 447 g/mol. The Morgan fingerprint density at radius 3 is 2.42 bits per heavy atom. The van der Waals surface area contributed by atoms with Gasteiger partial charge in [0.2, 0.25) is 5.91 Å². The van der Waals surface area contributed by atoms with Crippen LogP contribution in [0.25, 0.3) is 0 Å². The highest BCUT2D eigenvalue weighted by atomic mass is 16.3. The Bertz CT molecular complexity index is 1020. The Kier molecular flexibility index (Phi) is 8.87. The molecule has 4 heteroatoms. The number of aromatic hydroxyl groups is 1. The molecule has 33 heavy (non-hydrogen) atoms. The summed E-state index contributed by atoms with van der Waals surface area (Å²) in [6.07, 6.45) is 12.0. The average Bonchev–Trinajstić information content (AvgIpc) is 2.81. The van der Waals surface area contributed by atoms with Crippen molar-refractivity contribution in [3.05, 3.63) is 70.3 Å². The molecule has 0 fully saturated rings. The lowest BCUT2D eigenvalue weighted by atomic mass is 9.85. The molecule has 0 saturated heterocycles. The molecule has 0 bridgehead atoms. The number of Topliss-reactive ketones (excluding diaryl/α,β-unsaturated/α-hetero) is 1. The average molecular weight is 448 g/mol. The maximum atomic E-state index is 13.2. The Morgan fingerprint density at radius 1 is 0.909 bits per heavy atom. The van der Waals surface area contributed by atoms with Crippen LogP contribution in [0.1, 0.15) is 85.5 Å². The van der Waals surface area contributed by atoms with Crippen molar-refractivity contribution in [2.45, 2.75) is 78.6 Å². The fourth-order valence-corrected chi connectivity index (χ4v) is 4.57. The van der Waals surface area contributed by atoms with E-state index in [1.165, 1.54) is 17.5 Å². The van der Waals surface area contributed by atoms with Crippen LogP contribution in [0.3, 0.4) is 0 Å². The quantitative estimate of drug-likeness (QED) is 0.232. The van der Waals surface area contributed by atoms with E-state index in [1.54, 1.807) is 6.07 Å². The Morgan fingerprint density at radius 2 is 1.70 bits per heavy atom. The second-order valence-corrected chi connectivity index (χ2v) is 8.96. The Hall–Kier alpha value is -2.88. The van der Waals surface area contributed by atoms with E-state index >= 15 is 0 Å². The normalized spacial score (nSPS) is 15.7. The molecule has 0 spiro atoms. The molecule has 0 aromatic heterocycles. The minimum atomic E-state index is -0.650. The minimum Gasteiger partial charge on any atom is -0.508 e. The highest BCUT2D eigenvalue weighted by molar-refractivity contribution is 6.21. The van der Waals surface area contributed by atoms with Crippen LogP contribution in [0, 0.1) is 5.92 Å². The van der Waals surface area contributed by atoms with Crippen molar-refractivity contribution in [2.75, 3.05) is 5.32 Å². The van der Waals surface area contributed by atoms with Gasteiger partial charge in [0.25, 0.3) is 0 Å². The molecule has 176 valence electrons. The largest absolute Gasteiger partial charge is 0.508 e. The molecular weight excluding hydrogens is 410 g/mol. The zero-order valence-electron chi connectivity index (χ0n) is 20.2. The van der Waals surface area contributed by atoms with Gasteiger partial charge >= 0.3 is 0 Å². The second kappa shape index (κ2) is 11.8. The molecule has 4 nitrogen and oxygen atoms in total. The number of carbonyl (C=O) groups is 2. The maximum Gasteiger partial charge on any atom is 0.235 e. The van der Waals surface area contributed by atoms with Gasteiger partial charge in [0.1, 0.15) is 11.7 Å². The lowest BCUT2D eigenvalue weighted by molar-refractivity contribution is -0.118. The van der Waals surface area contributed by atoms with Gasteiger partial charge in [-0.05, 0) is 85.4 Å². The van der Waals surface area contributed by atoms with Gasteiger partial charge in [-0.1, -0.05) is 57.9 Å². The van der Waals surface area contributed by atoms with Crippen LogP contribution in [-0.2, 0) is 30.5 Å². The molecule has 1 aliphatic rings. The Balaban J connectivity index is 1.87. The van der Waals surface area contributed by atoms with Crippen LogP contribution in [0.2, 0.25) is 0 Å². The molecule has 0 aliphatic carbocycles. The van der Waals surface area contributed by atoms with E-state index in [0.717, 1.165) is 56.1 Å². The molecule has 1 atom stereocenters. The topological polar surface area (TPSA) is 66.4 Å². The molecule has 1 aliphatic heterocycles. The predicted molar refractivity (Wildman–Crippen MR) is 135 cm³/mol. The number of hydrogen-bond donors (Lipinski definition) is 2. The van der Waals surface area contributed by atoms with E-state index in [1.807, 2.05) is 37.3 Å². The minimum absolute atomic E-state index is 0.0732. The molecule has 1 heterocycles. The summed E-state index contributed by atoms with van der Waals surface area (Å²) in [7, 11) is 0. The van der Waals surface area contributed by atoms with Gasteiger partial charge in [-0.3, -0.25) is 9.59 Å². The van der Waals surface area contributed by atoms with Gasteiger partial charge in [-0.15, -0.1) is 0 Å². The summed E-state index contributed by atoms with van der Waals surface area (Å²) in [5.74, 6) is -0.626. The van der Waals surface area contributed by atoms with Crippen molar-refractivity contribution in [1.82, 2.24) is 0 Å². The third-order valence-electron chi connectivity index (χ3n) is 6.51. The molecule has 0 radical (unpaired) electrons. The Labute approximate surface area is 198 Å². The van der Waals surface area contributed by atoms with Gasteiger partial charge in [-0.25, -0.2) is 0 Å². The molecule has 0 saturated carbocycles. The standard InChI is InChI=1S/C29H37NO3/c1-4-7-9-11-22-19-24(31)16-15-21(22)13-14-23-17-20(6-3)18-26-27(23)30-29(33)25(28(26)32)12-10-8-5-2/h8,10,15-19,25,31H,4-7,9,11-14H2,1-3H3,(H,30,33)/b10-8+. The first-order valence-corrected chi connectivity index (χ1v) is 12.4. The van der Waals surface area contributed by atoms with Gasteiger partial charge in [-0.2, -0.15) is 0 Å². The van der Waals surface area contributed by atoms with E-state index in [9.17, 15) is 14.7 Å². The fraction of sp³-hybridized carbons (Fsp3) is 0.448. The summed E-state index contributed by atoms with van der Waals surface area (Å²) in [6.45, 7) is 6.32. The van der Waals surface area contributed by atoms with Gasteiger partial charge in [0.05, 0.1) is 5.69 Å². The summed E-state index contributed by atoms with van der Waals surface area (Å²) >= 11 is 0. The van der Waals surface area contributed by atoms with Gasteiger partial charge < -0.3 is 10.4 Å². The maximum absolute atomic E-state index is 13.2. The molecule has 1 amide bonds. The summed E-state index contributed by atoms with van der Waals surface area (Å²) in [5, 5.41) is 13.0. The molecule has 3 rings (SSSR count). The van der Waals surface area contributed by atoms with E-state index < -0.39 is 5.92 Å². The smallest absolute Gasteiger partial charge is 0.235 e. The highest BCUT2D eigenvalue weighted by Gasteiger charge is 2.34. The first-order chi connectivity index (χ1) is 16.0. The number of unbranched alkanes of at least 4 members (excludes halogenated alkanes) is 2. The predicted octanol–water partition coefficient (Wildman–Crippen LogP) is 6.58. The van der Waals surface area contributed by atoms with E-state index in [2.05, 4.69) is 25.2 Å². The second-order valence-electron chi connectivity index (χ2n) is 8.96. The summed E-state index contributed by atoms with van der Waals surface area (Å²) in [5.41, 5.74) is 5.87. The number of nitrogens with one attached hydrogen (secondary N) is 1. The van der Waals surface area contributed by atoms with Crippen LogP contribution in [-0.4, -0.2) is 16.8 Å². The third kappa shape index (κ3) is 6.13. The van der Waals surface area contributed by atoms with Gasteiger partial charge in [0.15, 0.2) is 5.78 Å². The number of anilines is 1. The number of allylic oxidation sites excluding steroid dienone is 2. The number of hydrogen-bond acceptors (Lipinski definition) is 3. The number of phenolic OH excluding ortho intramolecular Hbond substituents is 1. The van der Waals surface area contributed by atoms with Crippen molar-refractivity contribution < 1.29 is 14.7 Å². The highest BCUT2D eigenvalue weighted by Crippen LogP contribution is 2.33. The summed E-state index contributed by atoms with van der Waals surface area (Å²) < 4.78 is 0. The van der Waals surface area contributed by atoms with Crippen molar-refractivity contribution in [3.63, 3.8) is 0 Å². The van der Waals surface area contributed by atoms with Crippen molar-refractivity contribution in [1.29, 1.82) is 0 Å². The number of amides is 1. The lowest BCUT2D eigenvalue weighted by Crippen LogP contribution is -2.35. The number of carbonyl (C=O) groups excluding carboxylic acids is 2. The SMILES string of the molecule is CC/C=C/CC1C(=O)Nc2c(CCc3ccc(O)cc3CCCCC)cc(CC)cc2C1=O. The van der Waals surface area contributed by atoms with Crippen molar-refractivity contribution in [2.24, 2.45) is 5.92 Å². The van der Waals surface area contributed by atoms with Crippen molar-refractivity contribution in [3.8, 4) is 5.75 Å². The number of phenols is 1.